The number of aromatic amines is 1. The summed E-state index contributed by atoms with van der Waals surface area (Å²) in [7, 11) is 0. The highest BCUT2D eigenvalue weighted by Crippen LogP contribution is 2.27. The predicted molar refractivity (Wildman–Crippen MR) is 92.7 cm³/mol. The van der Waals surface area contributed by atoms with Crippen LogP contribution < -0.4 is 5.32 Å². The van der Waals surface area contributed by atoms with E-state index in [1.54, 1.807) is 5.38 Å². The first kappa shape index (κ1) is 14.5. The first-order valence-corrected chi connectivity index (χ1v) is 9.08. The number of para-hydroxylation sites is 1. The molecular formula is C16H13N3O2S2. The topological polar surface area (TPSA) is 74.8 Å². The summed E-state index contributed by atoms with van der Waals surface area (Å²) < 4.78 is 0. The van der Waals surface area contributed by atoms with Gasteiger partial charge in [-0.3, -0.25) is 9.59 Å². The smallest absolute Gasteiger partial charge is 0.271 e. The molecule has 0 spiro atoms. The fourth-order valence-corrected chi connectivity index (χ4v) is 4.25. The highest BCUT2D eigenvalue weighted by atomic mass is 32.2. The molecule has 0 aliphatic carbocycles. The normalized spacial score (nSPS) is 17.7. The summed E-state index contributed by atoms with van der Waals surface area (Å²) in [5.41, 5.74) is 2.29. The van der Waals surface area contributed by atoms with Crippen LogP contribution in [0.2, 0.25) is 0 Å². The highest BCUT2D eigenvalue weighted by Gasteiger charge is 2.27. The Labute approximate surface area is 140 Å². The van der Waals surface area contributed by atoms with E-state index in [9.17, 15) is 9.59 Å². The van der Waals surface area contributed by atoms with Crippen LogP contribution in [0.5, 0.6) is 0 Å². The number of H-pyrrole nitrogens is 1. The van der Waals surface area contributed by atoms with Crippen molar-refractivity contribution in [1.29, 1.82) is 0 Å². The van der Waals surface area contributed by atoms with Gasteiger partial charge in [-0.25, -0.2) is 4.98 Å². The minimum absolute atomic E-state index is 0.0319. The van der Waals surface area contributed by atoms with Crippen molar-refractivity contribution in [1.82, 2.24) is 15.3 Å². The number of carbonyl (C=O) groups is 2. The number of thiazole rings is 1. The molecule has 1 aromatic carbocycles. The van der Waals surface area contributed by atoms with E-state index < -0.39 is 0 Å². The number of hydrogen-bond acceptors (Lipinski definition) is 5. The molecule has 5 nitrogen and oxygen atoms in total. The number of carbonyl (C=O) groups excluding carboxylic acids is 2. The summed E-state index contributed by atoms with van der Waals surface area (Å²) in [5, 5.41) is 6.39. The molecule has 1 aliphatic heterocycles. The summed E-state index contributed by atoms with van der Waals surface area (Å²) in [4.78, 5) is 31.5. The van der Waals surface area contributed by atoms with Gasteiger partial charge in [0.1, 0.15) is 10.7 Å². The number of amides is 1. The minimum atomic E-state index is -0.384. The molecule has 3 heterocycles. The van der Waals surface area contributed by atoms with Crippen molar-refractivity contribution >= 4 is 45.0 Å². The molecule has 1 unspecified atom stereocenters. The van der Waals surface area contributed by atoms with Crippen molar-refractivity contribution in [2.24, 2.45) is 0 Å². The van der Waals surface area contributed by atoms with E-state index in [-0.39, 0.29) is 17.1 Å². The second kappa shape index (κ2) is 5.82. The Kier molecular flexibility index (Phi) is 3.66. The lowest BCUT2D eigenvalue weighted by Gasteiger charge is -2.07. The SMILES string of the molecule is O=C(NC1CCSC1=O)c1csc(-c2cc3ccccc3[nH]2)n1. The number of thioether (sulfide) groups is 1. The zero-order valence-corrected chi connectivity index (χ0v) is 13.7. The van der Waals surface area contributed by atoms with Crippen molar-refractivity contribution in [3.05, 3.63) is 41.4 Å². The largest absolute Gasteiger partial charge is 0.353 e. The number of rotatable bonds is 3. The van der Waals surface area contributed by atoms with Crippen molar-refractivity contribution in [2.45, 2.75) is 12.5 Å². The van der Waals surface area contributed by atoms with Crippen LogP contribution in [-0.4, -0.2) is 32.8 Å². The Morgan fingerprint density at radius 3 is 3.00 bits per heavy atom. The summed E-state index contributed by atoms with van der Waals surface area (Å²) in [5.74, 6) is 0.478. The molecule has 3 aromatic rings. The molecule has 0 radical (unpaired) electrons. The van der Waals surface area contributed by atoms with Crippen LogP contribution in [-0.2, 0) is 4.79 Å². The fraction of sp³-hybridized carbons (Fsp3) is 0.188. The van der Waals surface area contributed by atoms with E-state index >= 15 is 0 Å². The van der Waals surface area contributed by atoms with Gasteiger partial charge in [-0.15, -0.1) is 11.3 Å². The van der Waals surface area contributed by atoms with Crippen LogP contribution in [0.4, 0.5) is 0 Å². The summed E-state index contributed by atoms with van der Waals surface area (Å²) >= 11 is 2.68. The Morgan fingerprint density at radius 1 is 1.35 bits per heavy atom. The summed E-state index contributed by atoms with van der Waals surface area (Å²) in [6.07, 6.45) is 0.689. The van der Waals surface area contributed by atoms with Crippen molar-refractivity contribution in [2.75, 3.05) is 5.75 Å². The molecule has 7 heteroatoms. The average Bonchev–Trinajstić information content (AvgIpc) is 3.26. The lowest BCUT2D eigenvalue weighted by molar-refractivity contribution is -0.112. The Balaban J connectivity index is 1.56. The van der Waals surface area contributed by atoms with Gasteiger partial charge in [-0.05, 0) is 18.6 Å². The molecular weight excluding hydrogens is 330 g/mol. The van der Waals surface area contributed by atoms with Gasteiger partial charge in [0.25, 0.3) is 5.91 Å². The molecule has 1 fully saturated rings. The van der Waals surface area contributed by atoms with E-state index in [2.05, 4.69) is 15.3 Å². The number of nitrogens with zero attached hydrogens (tertiary/aromatic N) is 1. The van der Waals surface area contributed by atoms with E-state index in [1.165, 1.54) is 23.1 Å². The Hall–Kier alpha value is -2.12. The first-order chi connectivity index (χ1) is 11.2. The third kappa shape index (κ3) is 2.77. The molecule has 1 atom stereocenters. The monoisotopic (exact) mass is 343 g/mol. The van der Waals surface area contributed by atoms with E-state index in [0.29, 0.717) is 12.1 Å². The second-order valence-electron chi connectivity index (χ2n) is 5.29. The Bertz CT molecular complexity index is 867. The number of hydrogen-bond donors (Lipinski definition) is 2. The number of benzene rings is 1. The molecule has 1 saturated heterocycles. The van der Waals surface area contributed by atoms with E-state index in [4.69, 9.17) is 0 Å². The second-order valence-corrected chi connectivity index (χ2v) is 7.25. The molecule has 1 aliphatic rings. The van der Waals surface area contributed by atoms with Gasteiger partial charge in [0.15, 0.2) is 0 Å². The van der Waals surface area contributed by atoms with Crippen molar-refractivity contribution in [3.8, 4) is 10.7 Å². The molecule has 0 saturated carbocycles. The van der Waals surface area contributed by atoms with Crippen molar-refractivity contribution < 1.29 is 9.59 Å². The van der Waals surface area contributed by atoms with Crippen LogP contribution in [0.1, 0.15) is 16.9 Å². The molecule has 23 heavy (non-hydrogen) atoms. The van der Waals surface area contributed by atoms with Gasteiger partial charge < -0.3 is 10.3 Å². The van der Waals surface area contributed by atoms with Crippen LogP contribution >= 0.6 is 23.1 Å². The number of fused-ring (bicyclic) bond motifs is 1. The first-order valence-electron chi connectivity index (χ1n) is 7.22. The number of aromatic nitrogens is 2. The number of nitrogens with one attached hydrogen (secondary N) is 2. The van der Waals surface area contributed by atoms with Crippen LogP contribution in [0.3, 0.4) is 0 Å². The van der Waals surface area contributed by atoms with E-state index in [0.717, 1.165) is 27.4 Å². The fourth-order valence-electron chi connectivity index (χ4n) is 2.55. The quantitative estimate of drug-likeness (QED) is 0.766. The predicted octanol–water partition coefficient (Wildman–Crippen LogP) is 3.05. The standard InChI is InChI=1S/C16H13N3O2S2/c20-14(18-11-5-6-22-16(11)21)13-8-23-15(19-13)12-7-9-3-1-2-4-10(9)17-12/h1-4,7-8,11,17H,5-6H2,(H,18,20). The maximum atomic E-state index is 12.2. The van der Waals surface area contributed by atoms with E-state index in [1.807, 2.05) is 30.3 Å². The lowest BCUT2D eigenvalue weighted by Crippen LogP contribution is -2.37. The highest BCUT2D eigenvalue weighted by molar-refractivity contribution is 8.14. The molecule has 116 valence electrons. The summed E-state index contributed by atoms with van der Waals surface area (Å²) in [6.45, 7) is 0. The zero-order chi connectivity index (χ0) is 15.8. The van der Waals surface area contributed by atoms with Gasteiger partial charge in [-0.2, -0.15) is 0 Å². The lowest BCUT2D eigenvalue weighted by atomic mass is 10.2. The molecule has 0 bridgehead atoms. The third-order valence-corrected chi connectivity index (χ3v) is 5.62. The molecule has 4 rings (SSSR count). The maximum Gasteiger partial charge on any atom is 0.271 e. The van der Waals surface area contributed by atoms with Crippen LogP contribution in [0.15, 0.2) is 35.7 Å². The Morgan fingerprint density at radius 2 is 2.22 bits per heavy atom. The van der Waals surface area contributed by atoms with Gasteiger partial charge >= 0.3 is 0 Å². The van der Waals surface area contributed by atoms with Gasteiger partial charge in [-0.1, -0.05) is 30.0 Å². The van der Waals surface area contributed by atoms with Gasteiger partial charge in [0.2, 0.25) is 5.12 Å². The van der Waals surface area contributed by atoms with Crippen molar-refractivity contribution in [3.63, 3.8) is 0 Å². The van der Waals surface area contributed by atoms with Gasteiger partial charge in [0, 0.05) is 22.0 Å². The molecule has 2 N–H and O–H groups in total. The minimum Gasteiger partial charge on any atom is -0.353 e. The van der Waals surface area contributed by atoms with Crippen LogP contribution in [0.25, 0.3) is 21.6 Å². The summed E-state index contributed by atoms with van der Waals surface area (Å²) in [6, 6.07) is 9.62. The molecule has 2 aromatic heterocycles. The maximum absolute atomic E-state index is 12.2. The van der Waals surface area contributed by atoms with Crippen LogP contribution in [0, 0.1) is 0 Å². The average molecular weight is 343 g/mol. The molecule has 1 amide bonds. The van der Waals surface area contributed by atoms with Gasteiger partial charge in [0.05, 0.1) is 11.7 Å². The zero-order valence-electron chi connectivity index (χ0n) is 12.0. The third-order valence-electron chi connectivity index (χ3n) is 3.74.